The van der Waals surface area contributed by atoms with Crippen LogP contribution in [0.15, 0.2) is 49.1 Å². The van der Waals surface area contributed by atoms with E-state index < -0.39 is 50.8 Å². The summed E-state index contributed by atoms with van der Waals surface area (Å²) in [6, 6.07) is 11.0. The Bertz CT molecular complexity index is 1610. The highest BCUT2D eigenvalue weighted by atomic mass is 32.2. The molecular formula is C44H66F6O6S2. The molecule has 14 heteroatoms. The van der Waals surface area contributed by atoms with Gasteiger partial charge >= 0.3 is 32.6 Å². The first kappa shape index (κ1) is 51.4. The lowest BCUT2D eigenvalue weighted by Gasteiger charge is -2.32. The standard InChI is InChI=1S/C44H66F6O6S2/c1-5-6-7-8-15-20-29-42(4,38-25-27-40(36(2)34-38)55-57(51,52)32-23-18-13-9-11-16-21-30-43(45,46)47)39-26-28-41(37(3)35-39)56-58(53,54)33-24-19-14-10-12-17-22-31-44(48,49)50/h5,25-28,34-35H,1,6-24,29-33H2,2-4H3. The fraction of sp³-hybridized carbons (Fsp3) is 0.682. The van der Waals surface area contributed by atoms with E-state index in [1.54, 1.807) is 26.0 Å². The van der Waals surface area contributed by atoms with Crippen molar-refractivity contribution in [1.29, 1.82) is 0 Å². The zero-order valence-electron chi connectivity index (χ0n) is 34.8. The van der Waals surface area contributed by atoms with Crippen LogP contribution in [0.3, 0.4) is 0 Å². The third kappa shape index (κ3) is 21.5. The van der Waals surface area contributed by atoms with E-state index in [2.05, 4.69) is 13.5 Å². The molecule has 2 aromatic carbocycles. The molecule has 332 valence electrons. The van der Waals surface area contributed by atoms with Gasteiger partial charge in [0, 0.05) is 18.3 Å². The summed E-state index contributed by atoms with van der Waals surface area (Å²) in [6.07, 6.45) is 5.56. The highest BCUT2D eigenvalue weighted by molar-refractivity contribution is 7.87. The lowest BCUT2D eigenvalue weighted by Crippen LogP contribution is -2.24. The second kappa shape index (κ2) is 25.1. The number of alkyl halides is 6. The molecule has 0 bridgehead atoms. The van der Waals surface area contributed by atoms with Crippen molar-refractivity contribution in [2.75, 3.05) is 11.5 Å². The summed E-state index contributed by atoms with van der Waals surface area (Å²) in [4.78, 5) is 0. The summed E-state index contributed by atoms with van der Waals surface area (Å²) in [5.41, 5.74) is 2.71. The topological polar surface area (TPSA) is 86.7 Å². The van der Waals surface area contributed by atoms with Crippen LogP contribution in [0.5, 0.6) is 11.5 Å². The zero-order valence-corrected chi connectivity index (χ0v) is 36.4. The molecule has 2 aromatic rings. The monoisotopic (exact) mass is 868 g/mol. The summed E-state index contributed by atoms with van der Waals surface area (Å²) in [5.74, 6) is 0.163. The SMILES string of the molecule is C=CCCCCCCC(C)(c1ccc(OS(=O)(=O)CCCCCCCCCC(F)(F)F)c(C)c1)c1ccc(OS(=O)(=O)CCCCCCCCCC(F)(F)F)c(C)c1. The van der Waals surface area contributed by atoms with Crippen LogP contribution >= 0.6 is 0 Å². The molecular weight excluding hydrogens is 803 g/mol. The third-order valence-electron chi connectivity index (χ3n) is 10.6. The van der Waals surface area contributed by atoms with Crippen molar-refractivity contribution in [3.05, 3.63) is 71.3 Å². The van der Waals surface area contributed by atoms with Crippen molar-refractivity contribution in [3.8, 4) is 11.5 Å². The van der Waals surface area contributed by atoms with Crippen molar-refractivity contribution in [2.24, 2.45) is 0 Å². The Balaban J connectivity index is 2.05. The molecule has 0 fully saturated rings. The highest BCUT2D eigenvalue weighted by Gasteiger charge is 2.31. The van der Waals surface area contributed by atoms with Crippen LogP contribution in [0.4, 0.5) is 26.3 Å². The Labute approximate surface area is 344 Å². The normalized spacial score (nSPS) is 12.8. The second-order valence-electron chi connectivity index (χ2n) is 15.9. The molecule has 58 heavy (non-hydrogen) atoms. The van der Waals surface area contributed by atoms with Gasteiger partial charge in [-0.15, -0.1) is 6.58 Å². The maximum Gasteiger partial charge on any atom is 0.389 e. The summed E-state index contributed by atoms with van der Waals surface area (Å²) in [5, 5.41) is 0. The molecule has 0 aromatic heterocycles. The first-order valence-corrected chi connectivity index (χ1v) is 24.1. The molecule has 0 heterocycles. The predicted molar refractivity (Wildman–Crippen MR) is 222 cm³/mol. The van der Waals surface area contributed by atoms with Crippen LogP contribution in [0.25, 0.3) is 0 Å². The fourth-order valence-electron chi connectivity index (χ4n) is 7.08. The van der Waals surface area contributed by atoms with Crippen LogP contribution < -0.4 is 8.37 Å². The van der Waals surface area contributed by atoms with E-state index in [1.807, 2.05) is 30.3 Å². The van der Waals surface area contributed by atoms with Gasteiger partial charge in [0.25, 0.3) is 0 Å². The second-order valence-corrected chi connectivity index (χ2v) is 19.3. The molecule has 0 N–H and O–H groups in total. The molecule has 0 aliphatic heterocycles. The van der Waals surface area contributed by atoms with E-state index in [4.69, 9.17) is 8.37 Å². The van der Waals surface area contributed by atoms with Gasteiger partial charge in [0.05, 0.1) is 11.5 Å². The molecule has 0 atom stereocenters. The van der Waals surface area contributed by atoms with E-state index in [0.717, 1.165) is 75.3 Å². The van der Waals surface area contributed by atoms with Gasteiger partial charge in [-0.25, -0.2) is 0 Å². The average molecular weight is 869 g/mol. The number of aryl methyl sites for hydroxylation is 2. The molecule has 0 amide bonds. The van der Waals surface area contributed by atoms with Crippen LogP contribution in [0.2, 0.25) is 0 Å². The molecule has 0 saturated heterocycles. The summed E-state index contributed by atoms with van der Waals surface area (Å²) < 4.78 is 136. The number of hydrogen-bond acceptors (Lipinski definition) is 6. The molecule has 0 spiro atoms. The molecule has 2 rings (SSSR count). The maximum atomic E-state index is 12.9. The van der Waals surface area contributed by atoms with E-state index >= 15 is 0 Å². The summed E-state index contributed by atoms with van der Waals surface area (Å²) in [6.45, 7) is 9.53. The van der Waals surface area contributed by atoms with Crippen molar-refractivity contribution in [3.63, 3.8) is 0 Å². The average Bonchev–Trinajstić information content (AvgIpc) is 3.12. The predicted octanol–water partition coefficient (Wildman–Crippen LogP) is 13.9. The first-order chi connectivity index (χ1) is 27.2. The summed E-state index contributed by atoms with van der Waals surface area (Å²) >= 11 is 0. The molecule has 0 unspecified atom stereocenters. The number of benzene rings is 2. The van der Waals surface area contributed by atoms with Gasteiger partial charge in [-0.3, -0.25) is 0 Å². The Morgan fingerprint density at radius 2 is 0.845 bits per heavy atom. The number of rotatable bonds is 31. The van der Waals surface area contributed by atoms with Crippen LogP contribution in [0, 0.1) is 13.8 Å². The maximum absolute atomic E-state index is 12.9. The number of unbranched alkanes of at least 4 members (excludes halogenated alkanes) is 16. The van der Waals surface area contributed by atoms with Gasteiger partial charge in [0.1, 0.15) is 11.5 Å². The minimum Gasteiger partial charge on any atom is -0.382 e. The van der Waals surface area contributed by atoms with E-state index in [9.17, 15) is 43.2 Å². The third-order valence-corrected chi connectivity index (χ3v) is 13.0. The smallest absolute Gasteiger partial charge is 0.382 e. The Hall–Kier alpha value is -2.74. The van der Waals surface area contributed by atoms with Crippen molar-refractivity contribution in [1.82, 2.24) is 0 Å². The quantitative estimate of drug-likeness (QED) is 0.0325. The van der Waals surface area contributed by atoms with Crippen molar-refractivity contribution >= 4 is 20.2 Å². The van der Waals surface area contributed by atoms with Crippen LogP contribution in [0.1, 0.15) is 170 Å². The number of allylic oxidation sites excluding steroid dienone is 1. The lowest BCUT2D eigenvalue weighted by atomic mass is 9.72. The van der Waals surface area contributed by atoms with Crippen LogP contribution in [-0.4, -0.2) is 40.7 Å². The summed E-state index contributed by atoms with van der Waals surface area (Å²) in [7, 11) is -7.74. The zero-order chi connectivity index (χ0) is 43.3. The van der Waals surface area contributed by atoms with Gasteiger partial charge in [-0.2, -0.15) is 43.2 Å². The van der Waals surface area contributed by atoms with E-state index in [1.165, 1.54) is 0 Å². The molecule has 0 saturated carbocycles. The van der Waals surface area contributed by atoms with E-state index in [-0.39, 0.29) is 35.8 Å². The molecule has 0 radical (unpaired) electrons. The first-order valence-electron chi connectivity index (χ1n) is 21.0. The van der Waals surface area contributed by atoms with Gasteiger partial charge in [0.2, 0.25) is 0 Å². The fourth-order valence-corrected chi connectivity index (χ4v) is 9.28. The lowest BCUT2D eigenvalue weighted by molar-refractivity contribution is -0.136. The van der Waals surface area contributed by atoms with Gasteiger partial charge in [0.15, 0.2) is 0 Å². The Kier molecular flexibility index (Phi) is 22.3. The minimum absolute atomic E-state index is 0.113. The Morgan fingerprint density at radius 3 is 1.19 bits per heavy atom. The van der Waals surface area contributed by atoms with Crippen LogP contribution in [-0.2, 0) is 25.7 Å². The largest absolute Gasteiger partial charge is 0.389 e. The minimum atomic E-state index is -4.13. The number of halogens is 6. The van der Waals surface area contributed by atoms with E-state index in [0.29, 0.717) is 62.5 Å². The van der Waals surface area contributed by atoms with Crippen molar-refractivity contribution < 1.29 is 51.5 Å². The van der Waals surface area contributed by atoms with Gasteiger partial charge in [-0.1, -0.05) is 121 Å². The van der Waals surface area contributed by atoms with Gasteiger partial charge in [-0.05, 0) is 93.2 Å². The number of hydrogen-bond donors (Lipinski definition) is 0. The van der Waals surface area contributed by atoms with Crippen molar-refractivity contribution in [2.45, 2.75) is 180 Å². The highest BCUT2D eigenvalue weighted by Crippen LogP contribution is 2.41. The molecule has 6 nitrogen and oxygen atoms in total. The molecule has 0 aliphatic carbocycles. The molecule has 0 aliphatic rings. The van der Waals surface area contributed by atoms with Gasteiger partial charge < -0.3 is 8.37 Å². The Morgan fingerprint density at radius 1 is 0.517 bits per heavy atom.